The second-order valence-corrected chi connectivity index (χ2v) is 7.42. The maximum Gasteiger partial charge on any atom is 0.0638 e. The summed E-state index contributed by atoms with van der Waals surface area (Å²) in [6.07, 6.45) is 10.9. The van der Waals surface area contributed by atoms with Crippen LogP contribution in [0.25, 0.3) is 0 Å². The zero-order valence-corrected chi connectivity index (χ0v) is 11.1. The predicted molar refractivity (Wildman–Crippen MR) is 70.7 cm³/mol. The van der Waals surface area contributed by atoms with E-state index in [1.807, 2.05) is 0 Å². The third-order valence-electron chi connectivity index (χ3n) is 6.10. The quantitative estimate of drug-likeness (QED) is 0.825. The Bertz CT molecular complexity index is 338. The van der Waals surface area contributed by atoms with E-state index in [1.54, 1.807) is 0 Å². The third-order valence-corrected chi connectivity index (χ3v) is 6.10. The average Bonchev–Trinajstić information content (AvgIpc) is 3.11. The predicted octanol–water partition coefficient (Wildman–Crippen LogP) is 3.09. The van der Waals surface area contributed by atoms with Crippen LogP contribution in [-0.4, -0.2) is 12.1 Å². The van der Waals surface area contributed by atoms with Crippen molar-refractivity contribution in [2.24, 2.45) is 29.6 Å². The van der Waals surface area contributed by atoms with E-state index in [4.69, 9.17) is 5.26 Å². The molecule has 0 heterocycles. The standard InChI is InChI=1S/C16H24N2/c17-4-3-15(18-14-1-2-14)16-12-6-10-5-11(8-12)9-13(16)7-10/h10-16,18H,1-3,5-9H2. The summed E-state index contributed by atoms with van der Waals surface area (Å²) in [5, 5.41) is 12.9. The molecule has 1 atom stereocenters. The molecule has 4 bridgehead atoms. The van der Waals surface area contributed by atoms with Crippen molar-refractivity contribution in [1.29, 1.82) is 5.26 Å². The lowest BCUT2D eigenvalue weighted by Gasteiger charge is -2.56. The molecule has 0 spiro atoms. The molecule has 0 aromatic carbocycles. The second kappa shape index (κ2) is 4.23. The van der Waals surface area contributed by atoms with Gasteiger partial charge < -0.3 is 5.32 Å². The van der Waals surface area contributed by atoms with Gasteiger partial charge in [-0.1, -0.05) is 0 Å². The summed E-state index contributed by atoms with van der Waals surface area (Å²) in [6, 6.07) is 3.71. The Hall–Kier alpha value is -0.550. The molecule has 5 aliphatic carbocycles. The van der Waals surface area contributed by atoms with Crippen LogP contribution in [0.3, 0.4) is 0 Å². The Morgan fingerprint density at radius 1 is 1.00 bits per heavy atom. The highest BCUT2D eigenvalue weighted by atomic mass is 15.0. The van der Waals surface area contributed by atoms with Gasteiger partial charge in [-0.15, -0.1) is 0 Å². The average molecular weight is 244 g/mol. The lowest BCUT2D eigenvalue weighted by atomic mass is 9.50. The first-order valence-corrected chi connectivity index (χ1v) is 7.96. The van der Waals surface area contributed by atoms with Gasteiger partial charge in [0, 0.05) is 12.1 Å². The SMILES string of the molecule is N#CCC(NC1CC1)C1C2CC3CC(C2)CC1C3. The van der Waals surface area contributed by atoms with Crippen LogP contribution in [0.4, 0.5) is 0 Å². The zero-order chi connectivity index (χ0) is 12.1. The topological polar surface area (TPSA) is 35.8 Å². The van der Waals surface area contributed by atoms with E-state index in [-0.39, 0.29) is 0 Å². The normalized spacial score (nSPS) is 46.9. The number of hydrogen-bond acceptors (Lipinski definition) is 2. The smallest absolute Gasteiger partial charge is 0.0638 e. The Labute approximate surface area is 110 Å². The van der Waals surface area contributed by atoms with Crippen molar-refractivity contribution in [3.05, 3.63) is 0 Å². The van der Waals surface area contributed by atoms with E-state index in [0.29, 0.717) is 6.04 Å². The summed E-state index contributed by atoms with van der Waals surface area (Å²) in [6.45, 7) is 0. The maximum absolute atomic E-state index is 9.13. The molecule has 0 amide bonds. The van der Waals surface area contributed by atoms with Crippen molar-refractivity contribution in [1.82, 2.24) is 5.32 Å². The molecule has 0 radical (unpaired) electrons. The van der Waals surface area contributed by atoms with Gasteiger partial charge in [-0.25, -0.2) is 0 Å². The number of rotatable bonds is 4. The van der Waals surface area contributed by atoms with Gasteiger partial charge in [-0.3, -0.25) is 0 Å². The van der Waals surface area contributed by atoms with Crippen LogP contribution >= 0.6 is 0 Å². The summed E-state index contributed by atoms with van der Waals surface area (Å²) in [5.74, 6) is 4.83. The minimum Gasteiger partial charge on any atom is -0.310 e. The second-order valence-electron chi connectivity index (χ2n) is 7.42. The first-order chi connectivity index (χ1) is 8.83. The van der Waals surface area contributed by atoms with Crippen LogP contribution in [0.15, 0.2) is 0 Å². The maximum atomic E-state index is 9.13. The summed E-state index contributed by atoms with van der Waals surface area (Å²) in [4.78, 5) is 0. The molecule has 98 valence electrons. The van der Waals surface area contributed by atoms with E-state index >= 15 is 0 Å². The van der Waals surface area contributed by atoms with Crippen LogP contribution < -0.4 is 5.32 Å². The minimum atomic E-state index is 0.512. The largest absolute Gasteiger partial charge is 0.310 e. The first-order valence-electron chi connectivity index (χ1n) is 7.96. The molecule has 18 heavy (non-hydrogen) atoms. The van der Waals surface area contributed by atoms with Gasteiger partial charge in [0.1, 0.15) is 0 Å². The number of nitriles is 1. The number of hydrogen-bond donors (Lipinski definition) is 1. The van der Waals surface area contributed by atoms with Gasteiger partial charge in [0.15, 0.2) is 0 Å². The van der Waals surface area contributed by atoms with Crippen LogP contribution in [0.1, 0.15) is 51.4 Å². The molecule has 0 aromatic heterocycles. The Morgan fingerprint density at radius 2 is 1.61 bits per heavy atom. The Kier molecular flexibility index (Phi) is 2.66. The molecular formula is C16H24N2. The fraction of sp³-hybridized carbons (Fsp3) is 0.938. The fourth-order valence-corrected chi connectivity index (χ4v) is 5.58. The van der Waals surface area contributed by atoms with Crippen molar-refractivity contribution in [3.63, 3.8) is 0 Å². The molecule has 5 saturated carbocycles. The van der Waals surface area contributed by atoms with E-state index in [2.05, 4.69) is 11.4 Å². The summed E-state index contributed by atoms with van der Waals surface area (Å²) < 4.78 is 0. The van der Waals surface area contributed by atoms with Crippen LogP contribution in [0.2, 0.25) is 0 Å². The summed E-state index contributed by atoms with van der Waals surface area (Å²) in [7, 11) is 0. The molecule has 1 N–H and O–H groups in total. The molecule has 0 saturated heterocycles. The molecule has 5 aliphatic rings. The minimum absolute atomic E-state index is 0.512. The van der Waals surface area contributed by atoms with Gasteiger partial charge >= 0.3 is 0 Å². The Balaban J connectivity index is 1.52. The van der Waals surface area contributed by atoms with E-state index in [1.165, 1.54) is 44.9 Å². The monoisotopic (exact) mass is 244 g/mol. The van der Waals surface area contributed by atoms with E-state index < -0.39 is 0 Å². The van der Waals surface area contributed by atoms with Crippen molar-refractivity contribution < 1.29 is 0 Å². The van der Waals surface area contributed by atoms with E-state index in [0.717, 1.165) is 42.1 Å². The lowest BCUT2D eigenvalue weighted by Crippen LogP contribution is -2.53. The highest BCUT2D eigenvalue weighted by molar-refractivity contribution is 5.04. The zero-order valence-electron chi connectivity index (χ0n) is 11.1. The highest BCUT2D eigenvalue weighted by Gasteiger charge is 2.50. The van der Waals surface area contributed by atoms with Gasteiger partial charge in [-0.2, -0.15) is 5.26 Å². The first kappa shape index (κ1) is 11.3. The highest BCUT2D eigenvalue weighted by Crippen LogP contribution is 2.57. The van der Waals surface area contributed by atoms with Crippen LogP contribution in [0.5, 0.6) is 0 Å². The molecule has 2 heteroatoms. The van der Waals surface area contributed by atoms with E-state index in [9.17, 15) is 0 Å². The number of nitrogens with zero attached hydrogens (tertiary/aromatic N) is 1. The molecule has 2 nitrogen and oxygen atoms in total. The fourth-order valence-electron chi connectivity index (χ4n) is 5.58. The molecule has 5 rings (SSSR count). The Morgan fingerprint density at radius 3 is 2.11 bits per heavy atom. The molecule has 0 aromatic rings. The third kappa shape index (κ3) is 1.88. The number of nitrogens with one attached hydrogen (secondary N) is 1. The molecule has 1 unspecified atom stereocenters. The van der Waals surface area contributed by atoms with Crippen molar-refractivity contribution >= 4 is 0 Å². The van der Waals surface area contributed by atoms with Gasteiger partial charge in [-0.05, 0) is 74.5 Å². The van der Waals surface area contributed by atoms with Crippen molar-refractivity contribution in [3.8, 4) is 6.07 Å². The van der Waals surface area contributed by atoms with Crippen LogP contribution in [-0.2, 0) is 0 Å². The van der Waals surface area contributed by atoms with Crippen molar-refractivity contribution in [2.45, 2.75) is 63.5 Å². The summed E-state index contributed by atoms with van der Waals surface area (Å²) >= 11 is 0. The molecule has 0 aliphatic heterocycles. The molecule has 5 fully saturated rings. The lowest BCUT2D eigenvalue weighted by molar-refractivity contribution is -0.0514. The summed E-state index contributed by atoms with van der Waals surface area (Å²) in [5.41, 5.74) is 0. The van der Waals surface area contributed by atoms with Crippen molar-refractivity contribution in [2.75, 3.05) is 0 Å². The van der Waals surface area contributed by atoms with Gasteiger partial charge in [0.05, 0.1) is 12.5 Å². The van der Waals surface area contributed by atoms with Gasteiger partial charge in [0.2, 0.25) is 0 Å². The molecular weight excluding hydrogens is 220 g/mol. The van der Waals surface area contributed by atoms with Crippen LogP contribution in [0, 0.1) is 40.9 Å². The van der Waals surface area contributed by atoms with Gasteiger partial charge in [0.25, 0.3) is 0 Å².